The molecule has 0 unspecified atom stereocenters. The first kappa shape index (κ1) is 14.0. The van der Waals surface area contributed by atoms with Gasteiger partial charge in [0.1, 0.15) is 5.82 Å². The molecule has 17 heavy (non-hydrogen) atoms. The maximum absolute atomic E-state index is 5.78. The van der Waals surface area contributed by atoms with Crippen LogP contribution in [0.2, 0.25) is 0 Å². The third kappa shape index (κ3) is 4.00. The van der Waals surface area contributed by atoms with Crippen molar-refractivity contribution in [2.24, 2.45) is 5.73 Å². The highest BCUT2D eigenvalue weighted by molar-refractivity contribution is 5.47. The van der Waals surface area contributed by atoms with E-state index in [2.05, 4.69) is 36.7 Å². The van der Waals surface area contributed by atoms with Crippen LogP contribution in [-0.2, 0) is 6.54 Å². The van der Waals surface area contributed by atoms with Crippen molar-refractivity contribution in [3.8, 4) is 0 Å². The zero-order valence-corrected chi connectivity index (χ0v) is 11.3. The first-order valence-electron chi connectivity index (χ1n) is 6.61. The average Bonchev–Trinajstić information content (AvgIpc) is 2.34. The first-order chi connectivity index (χ1) is 8.20. The minimum Gasteiger partial charge on any atom is -0.354 e. The van der Waals surface area contributed by atoms with Crippen LogP contribution in [0, 0.1) is 0 Å². The summed E-state index contributed by atoms with van der Waals surface area (Å²) in [4.78, 5) is 6.85. The Bertz CT molecular complexity index is 323. The van der Waals surface area contributed by atoms with Gasteiger partial charge < -0.3 is 10.6 Å². The molecule has 0 aliphatic heterocycles. The van der Waals surface area contributed by atoms with Gasteiger partial charge in [0.15, 0.2) is 0 Å². The quantitative estimate of drug-likeness (QED) is 0.739. The van der Waals surface area contributed by atoms with Crippen molar-refractivity contribution in [2.45, 2.75) is 52.6 Å². The molecule has 0 spiro atoms. The summed E-state index contributed by atoms with van der Waals surface area (Å²) in [5.41, 5.74) is 6.91. The van der Waals surface area contributed by atoms with E-state index in [-0.39, 0.29) is 0 Å². The Kier molecular flexibility index (Phi) is 5.98. The molecule has 1 heterocycles. The molecule has 1 aromatic rings. The molecule has 3 heteroatoms. The average molecular weight is 235 g/mol. The standard InChI is InChI=1S/C14H25N3/c1-4-5-6-10-17(12(2)3)14-13(11-15)8-7-9-16-14/h7-9,12H,4-6,10-11,15H2,1-3H3. The van der Waals surface area contributed by atoms with Crippen LogP contribution in [0.15, 0.2) is 18.3 Å². The molecule has 0 aromatic carbocycles. The Morgan fingerprint density at radius 1 is 1.35 bits per heavy atom. The Balaban J connectivity index is 2.81. The van der Waals surface area contributed by atoms with Gasteiger partial charge in [-0.2, -0.15) is 0 Å². The summed E-state index contributed by atoms with van der Waals surface area (Å²) in [5, 5.41) is 0. The summed E-state index contributed by atoms with van der Waals surface area (Å²) in [6, 6.07) is 4.49. The van der Waals surface area contributed by atoms with Crippen molar-refractivity contribution in [3.63, 3.8) is 0 Å². The molecular weight excluding hydrogens is 210 g/mol. The zero-order chi connectivity index (χ0) is 12.7. The normalized spacial score (nSPS) is 10.9. The number of pyridine rings is 1. The van der Waals surface area contributed by atoms with Crippen LogP contribution >= 0.6 is 0 Å². The third-order valence-electron chi connectivity index (χ3n) is 2.99. The number of rotatable bonds is 7. The third-order valence-corrected chi connectivity index (χ3v) is 2.99. The van der Waals surface area contributed by atoms with Crippen LogP contribution in [-0.4, -0.2) is 17.6 Å². The lowest BCUT2D eigenvalue weighted by Crippen LogP contribution is -2.33. The second-order valence-electron chi connectivity index (χ2n) is 4.68. The van der Waals surface area contributed by atoms with Crippen molar-refractivity contribution in [2.75, 3.05) is 11.4 Å². The van der Waals surface area contributed by atoms with E-state index in [0.29, 0.717) is 12.6 Å². The molecule has 0 aliphatic carbocycles. The number of hydrogen-bond donors (Lipinski definition) is 1. The topological polar surface area (TPSA) is 42.2 Å². The van der Waals surface area contributed by atoms with Gasteiger partial charge in [-0.25, -0.2) is 4.98 Å². The van der Waals surface area contributed by atoms with Gasteiger partial charge in [0.2, 0.25) is 0 Å². The van der Waals surface area contributed by atoms with E-state index < -0.39 is 0 Å². The van der Waals surface area contributed by atoms with E-state index in [0.717, 1.165) is 17.9 Å². The SMILES string of the molecule is CCCCCN(c1ncccc1CN)C(C)C. The van der Waals surface area contributed by atoms with Gasteiger partial charge >= 0.3 is 0 Å². The molecule has 0 fully saturated rings. The van der Waals surface area contributed by atoms with Gasteiger partial charge in [0.25, 0.3) is 0 Å². The van der Waals surface area contributed by atoms with E-state index in [9.17, 15) is 0 Å². The first-order valence-corrected chi connectivity index (χ1v) is 6.61. The molecule has 0 bridgehead atoms. The number of nitrogens with two attached hydrogens (primary N) is 1. The van der Waals surface area contributed by atoms with Crippen molar-refractivity contribution >= 4 is 5.82 Å². The lowest BCUT2D eigenvalue weighted by molar-refractivity contribution is 0.617. The summed E-state index contributed by atoms with van der Waals surface area (Å²) in [6.07, 6.45) is 5.59. The molecule has 0 aliphatic rings. The van der Waals surface area contributed by atoms with Crippen LogP contribution in [0.4, 0.5) is 5.82 Å². The Labute approximate surface area is 105 Å². The zero-order valence-electron chi connectivity index (χ0n) is 11.3. The van der Waals surface area contributed by atoms with Gasteiger partial charge in [-0.1, -0.05) is 25.8 Å². The molecule has 0 atom stereocenters. The van der Waals surface area contributed by atoms with Crippen LogP contribution in [0.1, 0.15) is 45.6 Å². The second kappa shape index (κ2) is 7.28. The van der Waals surface area contributed by atoms with Gasteiger partial charge in [-0.3, -0.25) is 0 Å². The molecule has 0 radical (unpaired) electrons. The molecule has 0 saturated heterocycles. The fraction of sp³-hybridized carbons (Fsp3) is 0.643. The number of aromatic nitrogens is 1. The molecule has 2 N–H and O–H groups in total. The molecule has 1 rings (SSSR count). The summed E-state index contributed by atoms with van der Waals surface area (Å²) in [5.74, 6) is 1.06. The van der Waals surface area contributed by atoms with E-state index >= 15 is 0 Å². The van der Waals surface area contributed by atoms with Crippen molar-refractivity contribution in [1.82, 2.24) is 4.98 Å². The highest BCUT2D eigenvalue weighted by Gasteiger charge is 2.14. The van der Waals surface area contributed by atoms with E-state index in [1.165, 1.54) is 19.3 Å². The van der Waals surface area contributed by atoms with Crippen molar-refractivity contribution < 1.29 is 0 Å². The summed E-state index contributed by atoms with van der Waals surface area (Å²) >= 11 is 0. The van der Waals surface area contributed by atoms with Crippen LogP contribution < -0.4 is 10.6 Å². The van der Waals surface area contributed by atoms with Crippen molar-refractivity contribution in [1.29, 1.82) is 0 Å². The number of unbranched alkanes of at least 4 members (excludes halogenated alkanes) is 2. The highest BCUT2D eigenvalue weighted by Crippen LogP contribution is 2.19. The van der Waals surface area contributed by atoms with Gasteiger partial charge in [-0.05, 0) is 26.3 Å². The summed E-state index contributed by atoms with van der Waals surface area (Å²) in [6.45, 7) is 8.27. The molecular formula is C14H25N3. The monoisotopic (exact) mass is 235 g/mol. The Morgan fingerprint density at radius 3 is 2.71 bits per heavy atom. The number of hydrogen-bond acceptors (Lipinski definition) is 3. The summed E-state index contributed by atoms with van der Waals surface area (Å²) in [7, 11) is 0. The fourth-order valence-corrected chi connectivity index (χ4v) is 1.99. The number of nitrogens with zero attached hydrogens (tertiary/aromatic N) is 2. The summed E-state index contributed by atoms with van der Waals surface area (Å²) < 4.78 is 0. The predicted molar refractivity (Wildman–Crippen MR) is 74.1 cm³/mol. The molecule has 3 nitrogen and oxygen atoms in total. The molecule has 96 valence electrons. The lowest BCUT2D eigenvalue weighted by atomic mass is 10.2. The molecule has 0 saturated carbocycles. The molecule has 1 aromatic heterocycles. The second-order valence-corrected chi connectivity index (χ2v) is 4.68. The van der Waals surface area contributed by atoms with Crippen LogP contribution in [0.25, 0.3) is 0 Å². The highest BCUT2D eigenvalue weighted by atomic mass is 15.2. The Morgan fingerprint density at radius 2 is 2.12 bits per heavy atom. The minimum absolute atomic E-state index is 0.465. The smallest absolute Gasteiger partial charge is 0.133 e. The van der Waals surface area contributed by atoms with E-state index in [1.807, 2.05) is 12.3 Å². The lowest BCUT2D eigenvalue weighted by Gasteiger charge is -2.29. The molecule has 0 amide bonds. The Hall–Kier alpha value is -1.09. The minimum atomic E-state index is 0.465. The maximum atomic E-state index is 5.78. The van der Waals surface area contributed by atoms with E-state index in [4.69, 9.17) is 5.73 Å². The van der Waals surface area contributed by atoms with E-state index in [1.54, 1.807) is 0 Å². The van der Waals surface area contributed by atoms with Crippen LogP contribution in [0.5, 0.6) is 0 Å². The maximum Gasteiger partial charge on any atom is 0.133 e. The largest absolute Gasteiger partial charge is 0.354 e. The van der Waals surface area contributed by atoms with Gasteiger partial charge in [0, 0.05) is 30.9 Å². The number of anilines is 1. The van der Waals surface area contributed by atoms with Gasteiger partial charge in [0.05, 0.1) is 0 Å². The van der Waals surface area contributed by atoms with Gasteiger partial charge in [-0.15, -0.1) is 0 Å². The van der Waals surface area contributed by atoms with Crippen LogP contribution in [0.3, 0.4) is 0 Å². The predicted octanol–water partition coefficient (Wildman–Crippen LogP) is 2.95. The van der Waals surface area contributed by atoms with Crippen molar-refractivity contribution in [3.05, 3.63) is 23.9 Å². The fourth-order valence-electron chi connectivity index (χ4n) is 1.99.